The van der Waals surface area contributed by atoms with Crippen molar-refractivity contribution >= 4 is 147 Å². The number of benzene rings is 9. The number of anilines is 12. The molecular formula is C62H43B2IN4S. The average molecular weight is 1020 g/mol. The van der Waals surface area contributed by atoms with Gasteiger partial charge in [0.1, 0.15) is 0 Å². The molecule has 0 N–H and O–H groups in total. The Hall–Kier alpha value is -7.26. The van der Waals surface area contributed by atoms with E-state index in [1.807, 2.05) is 11.3 Å². The second-order valence-corrected chi connectivity index (χ2v) is 21.5. The van der Waals surface area contributed by atoms with Crippen molar-refractivity contribution in [2.75, 3.05) is 19.6 Å². The Morgan fingerprint density at radius 1 is 0.400 bits per heavy atom. The Morgan fingerprint density at radius 2 is 0.800 bits per heavy atom. The first kappa shape index (κ1) is 40.6. The van der Waals surface area contributed by atoms with Gasteiger partial charge in [0, 0.05) is 58.6 Å². The lowest BCUT2D eigenvalue weighted by Gasteiger charge is -2.49. The molecule has 9 aromatic carbocycles. The number of thiophene rings is 1. The third kappa shape index (κ3) is 5.78. The first-order valence-corrected chi connectivity index (χ1v) is 26.5. The molecule has 330 valence electrons. The first-order valence-electron chi connectivity index (χ1n) is 24.6. The van der Waals surface area contributed by atoms with E-state index >= 15 is 0 Å². The number of halogens is 1. The van der Waals surface area contributed by atoms with Crippen molar-refractivity contribution in [1.29, 1.82) is 0 Å². The topological polar surface area (TPSA) is 13.0 Å². The highest BCUT2D eigenvalue weighted by Crippen LogP contribution is 2.59. The highest BCUT2D eigenvalue weighted by Gasteiger charge is 2.54. The Kier molecular flexibility index (Phi) is 9.06. The van der Waals surface area contributed by atoms with Crippen LogP contribution >= 0.6 is 33.9 Å². The highest BCUT2D eigenvalue weighted by molar-refractivity contribution is 14.1. The van der Waals surface area contributed by atoms with Crippen LogP contribution in [0, 0.1) is 3.57 Å². The molecular weight excluding hydrogens is 981 g/mol. The maximum atomic E-state index is 2.66. The van der Waals surface area contributed by atoms with Gasteiger partial charge in [-0.2, -0.15) is 11.3 Å². The van der Waals surface area contributed by atoms with Crippen molar-refractivity contribution in [3.8, 4) is 22.3 Å². The standard InChI is InChI=1S/C62H43B2IN4S/c1-2-3-16-39-27-31-45(32-28-39)66-49-23-12-10-21-47(49)63-57-53(66)35-42(40-17-6-4-7-18-40)37-55(57)68-51-25-14-15-26-52(51)69-56-38-43(41-19-8-5-9-20-41)36-54-58(56)64(62-60(69)59(68)61(63)70-62)48-22-11-13-24-50(48)67(54)46-33-29-44(65)30-34-46/h4-15,17-38H,2-3,16H2,1H3. The molecule has 0 fully saturated rings. The van der Waals surface area contributed by atoms with E-state index in [0.717, 1.165) is 12.1 Å². The van der Waals surface area contributed by atoms with Crippen molar-refractivity contribution in [2.24, 2.45) is 0 Å². The van der Waals surface area contributed by atoms with E-state index in [-0.39, 0.29) is 13.4 Å². The molecule has 0 saturated carbocycles. The number of nitrogens with zero attached hydrogens (tertiary/aromatic N) is 4. The van der Waals surface area contributed by atoms with E-state index in [4.69, 9.17) is 0 Å². The third-order valence-corrected chi connectivity index (χ3v) is 17.4. The summed E-state index contributed by atoms with van der Waals surface area (Å²) in [6.45, 7) is 2.31. The largest absolute Gasteiger partial charge is 0.311 e. The summed E-state index contributed by atoms with van der Waals surface area (Å²) in [5.41, 5.74) is 26.4. The number of para-hydroxylation sites is 4. The zero-order chi connectivity index (χ0) is 46.2. The Bertz CT molecular complexity index is 3760. The van der Waals surface area contributed by atoms with Gasteiger partial charge in [0.15, 0.2) is 0 Å². The maximum absolute atomic E-state index is 2.66. The molecule has 1 aromatic heterocycles. The summed E-state index contributed by atoms with van der Waals surface area (Å²) in [4.78, 5) is 10.4. The smallest absolute Gasteiger partial charge is 0.264 e. The van der Waals surface area contributed by atoms with Gasteiger partial charge in [-0.25, -0.2) is 0 Å². The minimum absolute atomic E-state index is 0.0177. The van der Waals surface area contributed by atoms with Crippen molar-refractivity contribution < 1.29 is 0 Å². The van der Waals surface area contributed by atoms with Gasteiger partial charge in [-0.05, 0) is 170 Å². The second kappa shape index (κ2) is 15.6. The fraction of sp³-hybridized carbons (Fsp3) is 0.0645. The molecule has 0 saturated heterocycles. The van der Waals surface area contributed by atoms with Crippen LogP contribution in [0.2, 0.25) is 0 Å². The third-order valence-electron chi connectivity index (χ3n) is 15.3. The molecule has 0 amide bonds. The predicted molar refractivity (Wildman–Crippen MR) is 308 cm³/mol. The summed E-state index contributed by atoms with van der Waals surface area (Å²) in [7, 11) is 0. The van der Waals surface area contributed by atoms with Crippen LogP contribution in [0.1, 0.15) is 25.3 Å². The zero-order valence-electron chi connectivity index (χ0n) is 38.5. The summed E-state index contributed by atoms with van der Waals surface area (Å²) in [5.74, 6) is 0. The number of unbranched alkanes of at least 4 members (excludes halogenated alkanes) is 1. The minimum Gasteiger partial charge on any atom is -0.311 e. The van der Waals surface area contributed by atoms with E-state index in [1.165, 1.54) is 138 Å². The quantitative estimate of drug-likeness (QED) is 0.116. The lowest BCUT2D eigenvalue weighted by molar-refractivity contribution is 0.795. The summed E-state index contributed by atoms with van der Waals surface area (Å²) >= 11 is 4.48. The molecule has 0 atom stereocenters. The number of hydrogen-bond donors (Lipinski definition) is 0. The molecule has 15 rings (SSSR count). The van der Waals surface area contributed by atoms with Crippen LogP contribution in [0.5, 0.6) is 0 Å². The van der Waals surface area contributed by atoms with Crippen LogP contribution < -0.4 is 51.0 Å². The lowest BCUT2D eigenvalue weighted by Crippen LogP contribution is -2.61. The second-order valence-electron chi connectivity index (χ2n) is 19.2. The maximum Gasteiger partial charge on any atom is 0.264 e. The van der Waals surface area contributed by atoms with Crippen LogP contribution in [-0.2, 0) is 6.42 Å². The zero-order valence-corrected chi connectivity index (χ0v) is 41.5. The van der Waals surface area contributed by atoms with Crippen molar-refractivity contribution in [3.05, 3.63) is 215 Å². The molecule has 5 aliphatic rings. The molecule has 4 nitrogen and oxygen atoms in total. The van der Waals surface area contributed by atoms with Gasteiger partial charge in [0.05, 0.1) is 22.7 Å². The van der Waals surface area contributed by atoms with Crippen LogP contribution in [0.4, 0.5) is 68.2 Å². The number of aryl methyl sites for hydroxylation is 1. The normalized spacial score (nSPS) is 13.9. The molecule has 6 heterocycles. The molecule has 0 radical (unpaired) electrons. The molecule has 10 aromatic rings. The number of rotatable bonds is 7. The summed E-state index contributed by atoms with van der Waals surface area (Å²) in [5, 5.41) is 0. The Balaban J connectivity index is 1.04. The molecule has 70 heavy (non-hydrogen) atoms. The van der Waals surface area contributed by atoms with E-state index in [2.05, 4.69) is 255 Å². The van der Waals surface area contributed by atoms with Gasteiger partial charge in [0.2, 0.25) is 0 Å². The van der Waals surface area contributed by atoms with E-state index in [0.29, 0.717) is 0 Å². The summed E-state index contributed by atoms with van der Waals surface area (Å²) in [6.07, 6.45) is 3.48. The fourth-order valence-electron chi connectivity index (χ4n) is 12.4. The van der Waals surface area contributed by atoms with Crippen molar-refractivity contribution in [3.63, 3.8) is 0 Å². The van der Waals surface area contributed by atoms with Gasteiger partial charge in [-0.1, -0.05) is 135 Å². The van der Waals surface area contributed by atoms with Gasteiger partial charge >= 0.3 is 0 Å². The predicted octanol–water partition coefficient (Wildman–Crippen LogP) is 13.5. The summed E-state index contributed by atoms with van der Waals surface area (Å²) in [6, 6.07) is 78.0. The monoisotopic (exact) mass is 1020 g/mol. The van der Waals surface area contributed by atoms with E-state index in [9.17, 15) is 0 Å². The first-order chi connectivity index (χ1) is 34.6. The van der Waals surface area contributed by atoms with Crippen molar-refractivity contribution in [2.45, 2.75) is 26.2 Å². The molecule has 0 bridgehead atoms. The Morgan fingerprint density at radius 3 is 1.26 bits per heavy atom. The molecule has 5 aliphatic heterocycles. The Labute approximate surface area is 427 Å². The SMILES string of the molecule is CCCCc1ccc(N2c3ccccc3B3c4sc5c6c4N(c4ccccc4N6c4cc(-c6ccccc6)cc6c4B5c4ccccc4N6c4ccc(I)cc4)c4cc(-c5ccccc5)cc2c43)cc1. The lowest BCUT2D eigenvalue weighted by atomic mass is 9.35. The van der Waals surface area contributed by atoms with Crippen molar-refractivity contribution in [1.82, 2.24) is 0 Å². The minimum atomic E-state index is 0.0177. The van der Waals surface area contributed by atoms with Gasteiger partial charge < -0.3 is 19.6 Å². The van der Waals surface area contributed by atoms with E-state index < -0.39 is 0 Å². The molecule has 8 heteroatoms. The fourth-order valence-corrected chi connectivity index (χ4v) is 14.2. The number of hydrogen-bond acceptors (Lipinski definition) is 5. The van der Waals surface area contributed by atoms with Crippen LogP contribution in [0.25, 0.3) is 22.3 Å². The van der Waals surface area contributed by atoms with E-state index in [1.54, 1.807) is 0 Å². The van der Waals surface area contributed by atoms with Gasteiger partial charge in [-0.15, -0.1) is 0 Å². The highest BCUT2D eigenvalue weighted by atomic mass is 127. The molecule has 0 aliphatic carbocycles. The van der Waals surface area contributed by atoms with Crippen LogP contribution in [0.3, 0.4) is 0 Å². The van der Waals surface area contributed by atoms with Gasteiger partial charge in [0.25, 0.3) is 13.4 Å². The molecule has 0 unspecified atom stereocenters. The van der Waals surface area contributed by atoms with Crippen LogP contribution in [-0.4, -0.2) is 13.4 Å². The van der Waals surface area contributed by atoms with Gasteiger partial charge in [-0.3, -0.25) is 0 Å². The summed E-state index contributed by atoms with van der Waals surface area (Å²) < 4.78 is 4.03. The number of fused-ring (bicyclic) bond motifs is 11. The molecule has 0 spiro atoms. The van der Waals surface area contributed by atoms with Crippen LogP contribution in [0.15, 0.2) is 206 Å². The average Bonchev–Trinajstić information content (AvgIpc) is 3.81.